The molecule has 2 aromatic carbocycles. The van der Waals surface area contributed by atoms with Gasteiger partial charge in [-0.15, -0.1) is 0 Å². The fourth-order valence-corrected chi connectivity index (χ4v) is 1.98. The summed E-state index contributed by atoms with van der Waals surface area (Å²) in [4.78, 5) is 10.9. The molecule has 0 aliphatic heterocycles. The highest BCUT2D eigenvalue weighted by molar-refractivity contribution is 5.84. The van der Waals surface area contributed by atoms with Gasteiger partial charge in [0.05, 0.1) is 14.2 Å². The van der Waals surface area contributed by atoms with Crippen LogP contribution >= 0.6 is 0 Å². The van der Waals surface area contributed by atoms with Gasteiger partial charge in [0, 0.05) is 29.4 Å². The van der Waals surface area contributed by atoms with E-state index < -0.39 is 5.82 Å². The number of carbonyl (C=O) groups is 1. The number of benzene rings is 2. The van der Waals surface area contributed by atoms with E-state index in [1.54, 1.807) is 20.3 Å². The molecule has 0 atom stereocenters. The molecule has 21 heavy (non-hydrogen) atoms. The molecule has 0 unspecified atom stereocenters. The van der Waals surface area contributed by atoms with Crippen LogP contribution in [-0.2, 0) is 6.54 Å². The average Bonchev–Trinajstić information content (AvgIpc) is 2.53. The van der Waals surface area contributed by atoms with E-state index in [9.17, 15) is 9.18 Å². The van der Waals surface area contributed by atoms with Crippen molar-refractivity contribution in [2.24, 2.45) is 0 Å². The number of hydrogen-bond acceptors (Lipinski definition) is 4. The molecule has 4 nitrogen and oxygen atoms in total. The fourth-order valence-electron chi connectivity index (χ4n) is 1.98. The third-order valence-electron chi connectivity index (χ3n) is 3.10. The van der Waals surface area contributed by atoms with Gasteiger partial charge in [0.1, 0.15) is 17.3 Å². The maximum Gasteiger partial charge on any atom is 0.152 e. The summed E-state index contributed by atoms with van der Waals surface area (Å²) in [5, 5.41) is 3.10. The number of anilines is 1. The highest BCUT2D eigenvalue weighted by Crippen LogP contribution is 2.26. The van der Waals surface area contributed by atoms with Crippen molar-refractivity contribution in [1.82, 2.24) is 0 Å². The molecular formula is C16H16FNO3. The lowest BCUT2D eigenvalue weighted by Crippen LogP contribution is -2.04. The highest BCUT2D eigenvalue weighted by atomic mass is 19.1. The number of halogens is 1. The first-order chi connectivity index (χ1) is 10.2. The van der Waals surface area contributed by atoms with Gasteiger partial charge in [-0.3, -0.25) is 4.79 Å². The van der Waals surface area contributed by atoms with E-state index in [-0.39, 0.29) is 5.56 Å². The monoisotopic (exact) mass is 289 g/mol. The second-order valence-electron chi connectivity index (χ2n) is 4.38. The van der Waals surface area contributed by atoms with Crippen molar-refractivity contribution in [2.45, 2.75) is 6.54 Å². The van der Waals surface area contributed by atoms with E-state index in [1.807, 2.05) is 12.1 Å². The molecule has 0 fully saturated rings. The van der Waals surface area contributed by atoms with Crippen LogP contribution in [0, 0.1) is 5.82 Å². The van der Waals surface area contributed by atoms with E-state index in [0.29, 0.717) is 30.0 Å². The molecule has 0 radical (unpaired) electrons. The normalized spacial score (nSPS) is 10.0. The Morgan fingerprint density at radius 2 is 1.95 bits per heavy atom. The van der Waals surface area contributed by atoms with Crippen molar-refractivity contribution in [2.75, 3.05) is 19.5 Å². The zero-order valence-electron chi connectivity index (χ0n) is 11.9. The zero-order valence-corrected chi connectivity index (χ0v) is 11.9. The minimum absolute atomic E-state index is 0.280. The number of ether oxygens (including phenoxy) is 2. The van der Waals surface area contributed by atoms with Crippen molar-refractivity contribution < 1.29 is 18.7 Å². The molecule has 0 saturated carbocycles. The Bertz CT molecular complexity index is 643. The molecular weight excluding hydrogens is 273 g/mol. The van der Waals surface area contributed by atoms with E-state index in [4.69, 9.17) is 9.47 Å². The lowest BCUT2D eigenvalue weighted by molar-refractivity contribution is 0.112. The predicted molar refractivity (Wildman–Crippen MR) is 78.7 cm³/mol. The fraction of sp³-hybridized carbons (Fsp3) is 0.188. The maximum atomic E-state index is 13.1. The van der Waals surface area contributed by atoms with Gasteiger partial charge in [-0.1, -0.05) is 0 Å². The molecule has 0 aliphatic carbocycles. The van der Waals surface area contributed by atoms with E-state index >= 15 is 0 Å². The second-order valence-corrected chi connectivity index (χ2v) is 4.38. The van der Waals surface area contributed by atoms with Crippen LogP contribution < -0.4 is 14.8 Å². The lowest BCUT2D eigenvalue weighted by Gasteiger charge is -2.13. The standard InChI is InChI=1S/C16H16FNO3/c1-20-14-5-3-11(16(8-14)21-2)9-18-15-6-4-13(17)7-12(15)10-19/h3-8,10,18H,9H2,1-2H3. The number of nitrogens with one attached hydrogen (secondary N) is 1. The molecule has 0 saturated heterocycles. The molecule has 5 heteroatoms. The van der Waals surface area contributed by atoms with Crippen LogP contribution in [0.2, 0.25) is 0 Å². The summed E-state index contributed by atoms with van der Waals surface area (Å²) in [6, 6.07) is 9.51. The molecule has 2 aromatic rings. The van der Waals surface area contributed by atoms with Crippen LogP contribution in [0.5, 0.6) is 11.5 Å². The Morgan fingerprint density at radius 1 is 1.14 bits per heavy atom. The molecule has 0 spiro atoms. The van der Waals surface area contributed by atoms with Crippen molar-refractivity contribution in [3.8, 4) is 11.5 Å². The van der Waals surface area contributed by atoms with Crippen molar-refractivity contribution in [1.29, 1.82) is 0 Å². The van der Waals surface area contributed by atoms with Crippen LogP contribution in [0.4, 0.5) is 10.1 Å². The van der Waals surface area contributed by atoms with Gasteiger partial charge in [-0.2, -0.15) is 0 Å². The third kappa shape index (κ3) is 3.51. The molecule has 0 heterocycles. The molecule has 1 N–H and O–H groups in total. The summed E-state index contributed by atoms with van der Waals surface area (Å²) in [5.41, 5.74) is 1.76. The quantitative estimate of drug-likeness (QED) is 0.829. The highest BCUT2D eigenvalue weighted by Gasteiger charge is 2.07. The number of carbonyl (C=O) groups excluding carboxylic acids is 1. The Hall–Kier alpha value is -2.56. The van der Waals surface area contributed by atoms with Gasteiger partial charge in [0.2, 0.25) is 0 Å². The SMILES string of the molecule is COc1ccc(CNc2ccc(F)cc2C=O)c(OC)c1. The van der Waals surface area contributed by atoms with Crippen LogP contribution in [0.15, 0.2) is 36.4 Å². The smallest absolute Gasteiger partial charge is 0.152 e. The van der Waals surface area contributed by atoms with E-state index in [0.717, 1.165) is 5.56 Å². The zero-order chi connectivity index (χ0) is 15.2. The average molecular weight is 289 g/mol. The molecule has 0 bridgehead atoms. The van der Waals surface area contributed by atoms with E-state index in [1.165, 1.54) is 18.2 Å². The minimum atomic E-state index is -0.440. The number of hydrogen-bond donors (Lipinski definition) is 1. The van der Waals surface area contributed by atoms with Gasteiger partial charge in [0.15, 0.2) is 6.29 Å². The number of methoxy groups -OCH3 is 2. The van der Waals surface area contributed by atoms with Crippen LogP contribution in [-0.4, -0.2) is 20.5 Å². The molecule has 0 aliphatic rings. The molecule has 2 rings (SSSR count). The van der Waals surface area contributed by atoms with Crippen molar-refractivity contribution >= 4 is 12.0 Å². The Morgan fingerprint density at radius 3 is 2.62 bits per heavy atom. The lowest BCUT2D eigenvalue weighted by atomic mass is 10.1. The second kappa shape index (κ2) is 6.74. The minimum Gasteiger partial charge on any atom is -0.497 e. The Balaban J connectivity index is 2.18. The third-order valence-corrected chi connectivity index (χ3v) is 3.10. The summed E-state index contributed by atoms with van der Waals surface area (Å²) in [7, 11) is 3.16. The summed E-state index contributed by atoms with van der Waals surface area (Å²) >= 11 is 0. The predicted octanol–water partition coefficient (Wildman–Crippen LogP) is 3.27. The van der Waals surface area contributed by atoms with Gasteiger partial charge in [-0.05, 0) is 30.3 Å². The number of aldehydes is 1. The maximum absolute atomic E-state index is 13.1. The van der Waals surface area contributed by atoms with Gasteiger partial charge in [0.25, 0.3) is 0 Å². The van der Waals surface area contributed by atoms with Crippen molar-refractivity contribution in [3.05, 3.63) is 53.3 Å². The van der Waals surface area contributed by atoms with Crippen LogP contribution in [0.25, 0.3) is 0 Å². The first-order valence-corrected chi connectivity index (χ1v) is 6.37. The number of rotatable bonds is 6. The van der Waals surface area contributed by atoms with Crippen LogP contribution in [0.1, 0.15) is 15.9 Å². The van der Waals surface area contributed by atoms with E-state index in [2.05, 4.69) is 5.32 Å². The Labute approximate surface area is 122 Å². The summed E-state index contributed by atoms with van der Waals surface area (Å²) in [6.07, 6.45) is 0.622. The molecule has 0 amide bonds. The summed E-state index contributed by atoms with van der Waals surface area (Å²) in [6.45, 7) is 0.444. The first kappa shape index (κ1) is 14.8. The largest absolute Gasteiger partial charge is 0.497 e. The summed E-state index contributed by atoms with van der Waals surface area (Å²) in [5.74, 6) is 0.937. The first-order valence-electron chi connectivity index (χ1n) is 6.37. The van der Waals surface area contributed by atoms with Gasteiger partial charge < -0.3 is 14.8 Å². The Kier molecular flexibility index (Phi) is 4.77. The van der Waals surface area contributed by atoms with Gasteiger partial charge >= 0.3 is 0 Å². The van der Waals surface area contributed by atoms with Crippen molar-refractivity contribution in [3.63, 3.8) is 0 Å². The molecule has 0 aromatic heterocycles. The molecule has 110 valence electrons. The summed E-state index contributed by atoms with van der Waals surface area (Å²) < 4.78 is 23.5. The topological polar surface area (TPSA) is 47.6 Å². The van der Waals surface area contributed by atoms with Crippen LogP contribution in [0.3, 0.4) is 0 Å². The van der Waals surface area contributed by atoms with Gasteiger partial charge in [-0.25, -0.2) is 4.39 Å².